The van der Waals surface area contributed by atoms with Gasteiger partial charge in [-0.3, -0.25) is 4.79 Å². The number of hydrogen-bond acceptors (Lipinski definition) is 3. The molecule has 110 valence electrons. The van der Waals surface area contributed by atoms with E-state index in [4.69, 9.17) is 4.74 Å². The number of anilines is 1. The first-order valence-corrected chi connectivity index (χ1v) is 6.82. The quantitative estimate of drug-likeness (QED) is 0.887. The number of aryl methyl sites for hydroxylation is 1. The highest BCUT2D eigenvalue weighted by Crippen LogP contribution is 2.24. The largest absolute Gasteiger partial charge is 0.483 e. The zero-order valence-corrected chi connectivity index (χ0v) is 12.2. The fourth-order valence-corrected chi connectivity index (χ4v) is 2.02. The molecule has 0 aliphatic carbocycles. The second kappa shape index (κ2) is 6.90. The molecular weight excluding hydrogens is 266 g/mol. The Hall–Kier alpha value is -2.33. The minimum absolute atomic E-state index is 0.0995. The molecule has 0 radical (unpaired) electrons. The third-order valence-electron chi connectivity index (χ3n) is 3.03. The van der Waals surface area contributed by atoms with E-state index in [1.54, 1.807) is 25.1 Å². The standard InChI is InChI=1S/C17H19NO3/c1-12-6-5-7-14(10-12)18-17(20)11-21-16-9-4-3-8-15(16)13(2)19/h3-10,13,19H,11H2,1-2H3,(H,18,20). The highest BCUT2D eigenvalue weighted by atomic mass is 16.5. The molecule has 0 bridgehead atoms. The van der Waals surface area contributed by atoms with Crippen molar-refractivity contribution in [2.45, 2.75) is 20.0 Å². The summed E-state index contributed by atoms with van der Waals surface area (Å²) in [6, 6.07) is 14.7. The van der Waals surface area contributed by atoms with Crippen LogP contribution in [0.4, 0.5) is 5.69 Å². The van der Waals surface area contributed by atoms with E-state index in [0.29, 0.717) is 11.3 Å². The van der Waals surface area contributed by atoms with Crippen molar-refractivity contribution in [3.63, 3.8) is 0 Å². The van der Waals surface area contributed by atoms with Gasteiger partial charge >= 0.3 is 0 Å². The van der Waals surface area contributed by atoms with E-state index in [1.807, 2.05) is 37.3 Å². The molecule has 2 aromatic rings. The molecule has 0 aliphatic heterocycles. The Kier molecular flexibility index (Phi) is 4.95. The smallest absolute Gasteiger partial charge is 0.262 e. The number of para-hydroxylation sites is 1. The predicted molar refractivity (Wildman–Crippen MR) is 82.4 cm³/mol. The summed E-state index contributed by atoms with van der Waals surface area (Å²) in [5.41, 5.74) is 2.49. The molecule has 2 aromatic carbocycles. The summed E-state index contributed by atoms with van der Waals surface area (Å²) in [6.45, 7) is 3.53. The topological polar surface area (TPSA) is 58.6 Å². The molecule has 0 aromatic heterocycles. The maximum absolute atomic E-state index is 11.9. The van der Waals surface area contributed by atoms with Crippen molar-refractivity contribution in [2.24, 2.45) is 0 Å². The number of amides is 1. The summed E-state index contributed by atoms with van der Waals surface area (Å²) >= 11 is 0. The van der Waals surface area contributed by atoms with Gasteiger partial charge in [0.1, 0.15) is 5.75 Å². The van der Waals surface area contributed by atoms with Crippen LogP contribution in [0.1, 0.15) is 24.2 Å². The third kappa shape index (κ3) is 4.33. The number of nitrogens with one attached hydrogen (secondary N) is 1. The van der Waals surface area contributed by atoms with Crippen molar-refractivity contribution < 1.29 is 14.6 Å². The number of hydrogen-bond donors (Lipinski definition) is 2. The van der Waals surface area contributed by atoms with Crippen LogP contribution < -0.4 is 10.1 Å². The number of carbonyl (C=O) groups is 1. The number of aliphatic hydroxyl groups is 1. The van der Waals surface area contributed by atoms with Crippen LogP contribution in [0.2, 0.25) is 0 Å². The predicted octanol–water partition coefficient (Wildman–Crippen LogP) is 3.07. The first kappa shape index (κ1) is 15.1. The van der Waals surface area contributed by atoms with E-state index in [2.05, 4.69) is 5.32 Å². The second-order valence-corrected chi connectivity index (χ2v) is 4.92. The number of benzene rings is 2. The van der Waals surface area contributed by atoms with E-state index < -0.39 is 6.10 Å². The van der Waals surface area contributed by atoms with Gasteiger partial charge in [0.05, 0.1) is 6.10 Å². The normalized spacial score (nSPS) is 11.8. The fraction of sp³-hybridized carbons (Fsp3) is 0.235. The SMILES string of the molecule is Cc1cccc(NC(=O)COc2ccccc2C(C)O)c1. The highest BCUT2D eigenvalue weighted by molar-refractivity contribution is 5.91. The summed E-state index contributed by atoms with van der Waals surface area (Å²) in [5.74, 6) is 0.285. The lowest BCUT2D eigenvalue weighted by Gasteiger charge is -2.13. The minimum Gasteiger partial charge on any atom is -0.483 e. The van der Waals surface area contributed by atoms with Crippen LogP contribution in [0.15, 0.2) is 48.5 Å². The molecule has 0 aliphatic rings. The van der Waals surface area contributed by atoms with Crippen LogP contribution in [0, 0.1) is 6.92 Å². The summed E-state index contributed by atoms with van der Waals surface area (Å²) in [5, 5.41) is 12.4. The molecule has 1 unspecified atom stereocenters. The molecule has 0 spiro atoms. The molecule has 4 nitrogen and oxygen atoms in total. The molecule has 21 heavy (non-hydrogen) atoms. The maximum atomic E-state index is 11.9. The molecule has 0 heterocycles. The van der Waals surface area contributed by atoms with Crippen molar-refractivity contribution in [3.05, 3.63) is 59.7 Å². The van der Waals surface area contributed by atoms with Gasteiger partial charge in [-0.1, -0.05) is 30.3 Å². The van der Waals surface area contributed by atoms with Crippen LogP contribution in [0.3, 0.4) is 0 Å². The first-order chi connectivity index (χ1) is 10.1. The Balaban J connectivity index is 1.95. The Bertz CT molecular complexity index is 623. The number of aliphatic hydroxyl groups excluding tert-OH is 1. The van der Waals surface area contributed by atoms with Crippen molar-refractivity contribution in [3.8, 4) is 5.75 Å². The summed E-state index contributed by atoms with van der Waals surface area (Å²) < 4.78 is 5.49. The molecule has 0 fully saturated rings. The summed E-state index contributed by atoms with van der Waals surface area (Å²) in [6.07, 6.45) is -0.638. The van der Waals surface area contributed by atoms with E-state index in [1.165, 1.54) is 0 Å². The average molecular weight is 285 g/mol. The average Bonchev–Trinajstić information content (AvgIpc) is 2.45. The lowest BCUT2D eigenvalue weighted by molar-refractivity contribution is -0.118. The van der Waals surface area contributed by atoms with Gasteiger partial charge in [0.15, 0.2) is 6.61 Å². The van der Waals surface area contributed by atoms with Crippen LogP contribution >= 0.6 is 0 Å². The Morgan fingerprint density at radius 2 is 2.00 bits per heavy atom. The number of carbonyl (C=O) groups excluding carboxylic acids is 1. The van der Waals surface area contributed by atoms with Crippen molar-refractivity contribution >= 4 is 11.6 Å². The van der Waals surface area contributed by atoms with E-state index >= 15 is 0 Å². The minimum atomic E-state index is -0.638. The number of ether oxygens (including phenoxy) is 1. The summed E-state index contributed by atoms with van der Waals surface area (Å²) in [4.78, 5) is 11.9. The summed E-state index contributed by atoms with van der Waals surface area (Å²) in [7, 11) is 0. The van der Waals surface area contributed by atoms with Crippen LogP contribution in [-0.4, -0.2) is 17.6 Å². The molecule has 2 N–H and O–H groups in total. The van der Waals surface area contributed by atoms with Crippen LogP contribution in [0.5, 0.6) is 5.75 Å². The second-order valence-electron chi connectivity index (χ2n) is 4.92. The van der Waals surface area contributed by atoms with Gasteiger partial charge in [0.2, 0.25) is 0 Å². The van der Waals surface area contributed by atoms with Gasteiger partial charge in [-0.05, 0) is 37.6 Å². The van der Waals surface area contributed by atoms with E-state index in [-0.39, 0.29) is 12.5 Å². The molecular formula is C17H19NO3. The number of rotatable bonds is 5. The lowest BCUT2D eigenvalue weighted by Crippen LogP contribution is -2.20. The first-order valence-electron chi connectivity index (χ1n) is 6.82. The lowest BCUT2D eigenvalue weighted by atomic mass is 10.1. The maximum Gasteiger partial charge on any atom is 0.262 e. The van der Waals surface area contributed by atoms with Crippen LogP contribution in [0.25, 0.3) is 0 Å². The van der Waals surface area contributed by atoms with Gasteiger partial charge in [0.25, 0.3) is 5.91 Å². The van der Waals surface area contributed by atoms with Gasteiger partial charge < -0.3 is 15.2 Å². The van der Waals surface area contributed by atoms with E-state index in [0.717, 1.165) is 11.3 Å². The van der Waals surface area contributed by atoms with Gasteiger partial charge in [-0.2, -0.15) is 0 Å². The van der Waals surface area contributed by atoms with Crippen molar-refractivity contribution in [1.82, 2.24) is 0 Å². The highest BCUT2D eigenvalue weighted by Gasteiger charge is 2.10. The fourth-order valence-electron chi connectivity index (χ4n) is 2.02. The molecule has 0 saturated heterocycles. The van der Waals surface area contributed by atoms with Gasteiger partial charge in [0, 0.05) is 11.3 Å². The van der Waals surface area contributed by atoms with Crippen LogP contribution in [-0.2, 0) is 4.79 Å². The molecule has 0 saturated carbocycles. The molecule has 4 heteroatoms. The molecule has 1 atom stereocenters. The van der Waals surface area contributed by atoms with Gasteiger partial charge in [-0.15, -0.1) is 0 Å². The monoisotopic (exact) mass is 285 g/mol. The zero-order chi connectivity index (χ0) is 15.2. The van der Waals surface area contributed by atoms with Crippen molar-refractivity contribution in [2.75, 3.05) is 11.9 Å². The third-order valence-corrected chi connectivity index (χ3v) is 3.03. The molecule has 2 rings (SSSR count). The Morgan fingerprint density at radius 1 is 1.24 bits per heavy atom. The molecule has 1 amide bonds. The zero-order valence-electron chi connectivity index (χ0n) is 12.2. The Labute approximate surface area is 124 Å². The Morgan fingerprint density at radius 3 is 2.71 bits per heavy atom. The van der Waals surface area contributed by atoms with E-state index in [9.17, 15) is 9.90 Å². The van der Waals surface area contributed by atoms with Gasteiger partial charge in [-0.25, -0.2) is 0 Å². The van der Waals surface area contributed by atoms with Crippen molar-refractivity contribution in [1.29, 1.82) is 0 Å².